The predicted octanol–water partition coefficient (Wildman–Crippen LogP) is 0.626. The van der Waals surface area contributed by atoms with Crippen LogP contribution in [0.4, 0.5) is 10.6 Å². The number of carbonyl (C=O) groups excluding carboxylic acids is 1. The van der Waals surface area contributed by atoms with Crippen molar-refractivity contribution in [2.75, 3.05) is 31.1 Å². The largest absolute Gasteiger partial charge is 0.352 e. The van der Waals surface area contributed by atoms with E-state index in [1.807, 2.05) is 19.2 Å². The van der Waals surface area contributed by atoms with Crippen molar-refractivity contribution in [1.29, 1.82) is 0 Å². The van der Waals surface area contributed by atoms with Crippen molar-refractivity contribution in [2.45, 2.75) is 0 Å². The number of piperazine rings is 1. The monoisotopic (exact) mass is 338 g/mol. The fourth-order valence-electron chi connectivity index (χ4n) is 3.02. The normalized spacial score (nSPS) is 14.9. The highest BCUT2D eigenvalue weighted by Crippen LogP contribution is 2.27. The molecule has 4 rings (SSSR count). The van der Waals surface area contributed by atoms with Crippen LogP contribution in [0, 0.1) is 0 Å². The average Bonchev–Trinajstić information content (AvgIpc) is 3.03. The number of nitrogens with zero attached hydrogens (tertiary/aromatic N) is 7. The molecule has 1 saturated heterocycles. The lowest BCUT2D eigenvalue weighted by atomic mass is 10.2. The molecule has 1 aliphatic rings. The van der Waals surface area contributed by atoms with Crippen LogP contribution < -0.4 is 10.6 Å². The van der Waals surface area contributed by atoms with Crippen molar-refractivity contribution >= 4 is 22.9 Å². The van der Waals surface area contributed by atoms with E-state index >= 15 is 0 Å². The number of hydrogen-bond acceptors (Lipinski definition) is 6. The van der Waals surface area contributed by atoms with Gasteiger partial charge in [-0.2, -0.15) is 5.10 Å². The molecule has 0 aromatic carbocycles. The molecule has 3 aromatic rings. The maximum absolute atomic E-state index is 11.3. The van der Waals surface area contributed by atoms with Crippen molar-refractivity contribution in [3.05, 3.63) is 30.7 Å². The van der Waals surface area contributed by atoms with Gasteiger partial charge in [-0.05, 0) is 12.1 Å². The standard InChI is InChI=1S/C16H18N8O/c1-22-14-12(10-19-22)15(23-6-8-24(9-7-23)16(17)25)21-13(20-14)11-2-4-18-5-3-11/h2-5,10H,6-9H2,1H3,(H2,17,25). The number of nitrogens with two attached hydrogens (primary N) is 1. The van der Waals surface area contributed by atoms with Gasteiger partial charge in [-0.15, -0.1) is 0 Å². The maximum Gasteiger partial charge on any atom is 0.314 e. The van der Waals surface area contributed by atoms with Crippen molar-refractivity contribution in [3.63, 3.8) is 0 Å². The number of primary amides is 1. The van der Waals surface area contributed by atoms with Crippen molar-refractivity contribution < 1.29 is 4.79 Å². The molecule has 0 spiro atoms. The molecule has 128 valence electrons. The van der Waals surface area contributed by atoms with E-state index in [4.69, 9.17) is 10.7 Å². The zero-order chi connectivity index (χ0) is 17.4. The van der Waals surface area contributed by atoms with Crippen LogP contribution in [-0.4, -0.2) is 61.8 Å². The van der Waals surface area contributed by atoms with Gasteiger partial charge in [-0.25, -0.2) is 14.8 Å². The number of anilines is 1. The Bertz CT molecular complexity index is 915. The summed E-state index contributed by atoms with van der Waals surface area (Å²) in [5.41, 5.74) is 7.04. The molecule has 4 heterocycles. The average molecular weight is 338 g/mol. The minimum atomic E-state index is -0.383. The Morgan fingerprint density at radius 2 is 1.84 bits per heavy atom. The summed E-state index contributed by atoms with van der Waals surface area (Å²) in [6.07, 6.45) is 5.22. The van der Waals surface area contributed by atoms with Crippen LogP contribution in [0.5, 0.6) is 0 Å². The smallest absolute Gasteiger partial charge is 0.314 e. The lowest BCUT2D eigenvalue weighted by Crippen LogP contribution is -2.50. The second-order valence-electron chi connectivity index (χ2n) is 5.92. The topological polar surface area (TPSA) is 106 Å². The quantitative estimate of drug-likeness (QED) is 0.734. The molecule has 0 bridgehead atoms. The second-order valence-corrected chi connectivity index (χ2v) is 5.92. The molecule has 0 saturated carbocycles. The minimum absolute atomic E-state index is 0.383. The molecule has 0 radical (unpaired) electrons. The van der Waals surface area contributed by atoms with Crippen molar-refractivity contribution in [3.8, 4) is 11.4 Å². The van der Waals surface area contributed by atoms with Gasteiger partial charge in [0.05, 0.1) is 11.6 Å². The van der Waals surface area contributed by atoms with E-state index in [1.54, 1.807) is 28.2 Å². The Morgan fingerprint density at radius 1 is 1.12 bits per heavy atom. The summed E-state index contributed by atoms with van der Waals surface area (Å²) in [4.78, 5) is 28.6. The van der Waals surface area contributed by atoms with Gasteiger partial charge >= 0.3 is 6.03 Å². The third-order valence-electron chi connectivity index (χ3n) is 4.40. The van der Waals surface area contributed by atoms with Crippen LogP contribution in [0.2, 0.25) is 0 Å². The summed E-state index contributed by atoms with van der Waals surface area (Å²) in [6, 6.07) is 3.38. The number of urea groups is 1. The Balaban J connectivity index is 1.76. The fourth-order valence-corrected chi connectivity index (χ4v) is 3.02. The number of pyridine rings is 1. The Kier molecular flexibility index (Phi) is 3.68. The second kappa shape index (κ2) is 6.00. The molecule has 1 fully saturated rings. The summed E-state index contributed by atoms with van der Waals surface area (Å²) in [5, 5.41) is 5.22. The number of amides is 2. The van der Waals surface area contributed by atoms with Gasteiger partial charge in [-0.1, -0.05) is 0 Å². The number of fused-ring (bicyclic) bond motifs is 1. The van der Waals surface area contributed by atoms with Crippen LogP contribution in [0.1, 0.15) is 0 Å². The number of aryl methyl sites for hydroxylation is 1. The number of rotatable bonds is 2. The first kappa shape index (κ1) is 15.3. The zero-order valence-corrected chi connectivity index (χ0v) is 13.8. The van der Waals surface area contributed by atoms with E-state index in [0.29, 0.717) is 32.0 Å². The molecular formula is C16H18N8O. The minimum Gasteiger partial charge on any atom is -0.352 e. The first-order valence-corrected chi connectivity index (χ1v) is 8.03. The van der Waals surface area contributed by atoms with Crippen LogP contribution in [0.25, 0.3) is 22.4 Å². The molecular weight excluding hydrogens is 320 g/mol. The molecule has 3 aromatic heterocycles. The Labute approximate surface area is 144 Å². The molecule has 0 aliphatic carbocycles. The highest BCUT2D eigenvalue weighted by Gasteiger charge is 2.23. The molecule has 2 amide bonds. The van der Waals surface area contributed by atoms with Gasteiger partial charge in [0, 0.05) is 51.2 Å². The molecule has 0 atom stereocenters. The van der Waals surface area contributed by atoms with Gasteiger partial charge in [0.2, 0.25) is 0 Å². The summed E-state index contributed by atoms with van der Waals surface area (Å²) in [5.74, 6) is 1.46. The van der Waals surface area contributed by atoms with Crippen LogP contribution in [0.3, 0.4) is 0 Å². The van der Waals surface area contributed by atoms with Gasteiger partial charge in [0.15, 0.2) is 11.5 Å². The highest BCUT2D eigenvalue weighted by molar-refractivity contribution is 5.88. The van der Waals surface area contributed by atoms with Crippen LogP contribution in [-0.2, 0) is 7.05 Å². The molecule has 1 aliphatic heterocycles. The summed E-state index contributed by atoms with van der Waals surface area (Å²) >= 11 is 0. The molecule has 25 heavy (non-hydrogen) atoms. The van der Waals surface area contributed by atoms with Crippen LogP contribution >= 0.6 is 0 Å². The van der Waals surface area contributed by atoms with E-state index in [1.165, 1.54) is 0 Å². The third-order valence-corrected chi connectivity index (χ3v) is 4.40. The number of hydrogen-bond donors (Lipinski definition) is 1. The maximum atomic E-state index is 11.3. The van der Waals surface area contributed by atoms with Gasteiger partial charge in [0.1, 0.15) is 5.82 Å². The van der Waals surface area contributed by atoms with Gasteiger partial charge in [-0.3, -0.25) is 9.67 Å². The SMILES string of the molecule is Cn1ncc2c(N3CCN(C(N)=O)CC3)nc(-c3ccncc3)nc21. The lowest BCUT2D eigenvalue weighted by Gasteiger charge is -2.34. The first-order valence-electron chi connectivity index (χ1n) is 8.03. The van der Waals surface area contributed by atoms with Crippen molar-refractivity contribution in [1.82, 2.24) is 29.6 Å². The number of carbonyl (C=O) groups is 1. The zero-order valence-electron chi connectivity index (χ0n) is 13.8. The Hall–Kier alpha value is -3.23. The van der Waals surface area contributed by atoms with E-state index < -0.39 is 0 Å². The van der Waals surface area contributed by atoms with Crippen molar-refractivity contribution in [2.24, 2.45) is 12.8 Å². The predicted molar refractivity (Wildman–Crippen MR) is 92.9 cm³/mol. The molecule has 0 unspecified atom stereocenters. The van der Waals surface area contributed by atoms with Gasteiger partial charge < -0.3 is 15.5 Å². The molecule has 9 nitrogen and oxygen atoms in total. The van der Waals surface area contributed by atoms with E-state index in [-0.39, 0.29) is 6.03 Å². The third kappa shape index (κ3) is 2.73. The Morgan fingerprint density at radius 3 is 2.52 bits per heavy atom. The molecule has 2 N–H and O–H groups in total. The van der Waals surface area contributed by atoms with E-state index in [0.717, 1.165) is 22.4 Å². The fraction of sp³-hybridized carbons (Fsp3) is 0.312. The number of aromatic nitrogens is 5. The molecule has 9 heteroatoms. The summed E-state index contributed by atoms with van der Waals surface area (Å²) in [6.45, 7) is 2.48. The van der Waals surface area contributed by atoms with E-state index in [2.05, 4.69) is 20.0 Å². The van der Waals surface area contributed by atoms with E-state index in [9.17, 15) is 4.79 Å². The summed E-state index contributed by atoms with van der Waals surface area (Å²) < 4.78 is 1.74. The highest BCUT2D eigenvalue weighted by atomic mass is 16.2. The lowest BCUT2D eigenvalue weighted by molar-refractivity contribution is 0.204. The van der Waals surface area contributed by atoms with Crippen LogP contribution in [0.15, 0.2) is 30.7 Å². The first-order chi connectivity index (χ1) is 12.1. The van der Waals surface area contributed by atoms with Gasteiger partial charge in [0.25, 0.3) is 0 Å². The summed E-state index contributed by atoms with van der Waals surface area (Å²) in [7, 11) is 1.86.